The molecule has 0 aliphatic carbocycles. The second kappa shape index (κ2) is 52.9. The summed E-state index contributed by atoms with van der Waals surface area (Å²) in [6.45, 7) is 6.42. The van der Waals surface area contributed by atoms with Gasteiger partial charge in [-0.05, 0) is 116 Å². The molecule has 0 saturated carbocycles. The minimum absolute atomic E-state index is 0.0950. The van der Waals surface area contributed by atoms with Gasteiger partial charge in [0.25, 0.3) is 0 Å². The van der Waals surface area contributed by atoms with Crippen LogP contribution in [0, 0.1) is 0 Å². The Balaban J connectivity index is 4.42. The summed E-state index contributed by atoms with van der Waals surface area (Å²) >= 11 is 0. The van der Waals surface area contributed by atoms with E-state index in [4.69, 9.17) is 14.2 Å². The largest absolute Gasteiger partial charge is 0.462 e. The number of rotatable bonds is 47. The molecular formula is C59H98O6. The summed E-state index contributed by atoms with van der Waals surface area (Å²) < 4.78 is 16.8. The number of hydrogen-bond donors (Lipinski definition) is 0. The highest BCUT2D eigenvalue weighted by Gasteiger charge is 2.19. The molecule has 0 radical (unpaired) electrons. The van der Waals surface area contributed by atoms with Crippen LogP contribution in [0.2, 0.25) is 0 Å². The fourth-order valence-corrected chi connectivity index (χ4v) is 7.01. The van der Waals surface area contributed by atoms with Crippen LogP contribution >= 0.6 is 0 Å². The van der Waals surface area contributed by atoms with E-state index in [0.717, 1.165) is 148 Å². The molecule has 1 atom stereocenters. The molecule has 0 fully saturated rings. The summed E-state index contributed by atoms with van der Waals surface area (Å²) in [5.41, 5.74) is 0. The minimum Gasteiger partial charge on any atom is -0.462 e. The Kier molecular flexibility index (Phi) is 50.0. The van der Waals surface area contributed by atoms with Crippen molar-refractivity contribution in [2.24, 2.45) is 0 Å². The lowest BCUT2D eigenvalue weighted by Gasteiger charge is -2.18. The number of carbonyl (C=O) groups excluding carboxylic acids is 3. The molecular weight excluding hydrogens is 805 g/mol. The van der Waals surface area contributed by atoms with E-state index >= 15 is 0 Å². The number of ether oxygens (including phenoxy) is 3. The van der Waals surface area contributed by atoms with Crippen LogP contribution in [0.5, 0.6) is 0 Å². The van der Waals surface area contributed by atoms with Crippen molar-refractivity contribution in [3.63, 3.8) is 0 Å². The Hall–Kier alpha value is -3.67. The van der Waals surface area contributed by atoms with Gasteiger partial charge in [-0.25, -0.2) is 0 Å². The van der Waals surface area contributed by atoms with Crippen LogP contribution in [-0.4, -0.2) is 37.2 Å². The maximum atomic E-state index is 12.8. The molecule has 0 aromatic carbocycles. The van der Waals surface area contributed by atoms with E-state index in [1.54, 1.807) is 0 Å². The van der Waals surface area contributed by atoms with Gasteiger partial charge in [-0.3, -0.25) is 14.4 Å². The van der Waals surface area contributed by atoms with Gasteiger partial charge in [0.15, 0.2) is 6.10 Å². The standard InChI is InChI=1S/C59H98O6/c1-4-7-10-13-16-19-22-24-26-27-28-29-30-31-33-34-37-40-43-46-49-52-58(61)64-55-56(54-63-57(60)51-48-45-42-39-36-21-18-15-12-9-6-3)65-59(62)53-50-47-44-41-38-35-32-25-23-20-17-14-11-8-5-2/h7,10,15-20,24-26,28-29,31-33,56H,4-6,8-9,11-14,21-23,27,30,34-55H2,1-3H3/b10-7-,18-15-,19-16-,20-17-,26-24-,29-28-,32-25-,33-31-. The van der Waals surface area contributed by atoms with Crippen molar-refractivity contribution >= 4 is 17.9 Å². The first-order valence-electron chi connectivity index (χ1n) is 26.7. The molecule has 6 heteroatoms. The second-order valence-corrected chi connectivity index (χ2v) is 17.4. The molecule has 0 aliphatic heterocycles. The first-order valence-corrected chi connectivity index (χ1v) is 26.7. The van der Waals surface area contributed by atoms with Crippen molar-refractivity contribution in [3.05, 3.63) is 97.2 Å². The first-order chi connectivity index (χ1) is 32.0. The van der Waals surface area contributed by atoms with E-state index in [-0.39, 0.29) is 31.1 Å². The lowest BCUT2D eigenvalue weighted by Crippen LogP contribution is -2.30. The number of allylic oxidation sites excluding steroid dienone is 16. The molecule has 0 heterocycles. The Morgan fingerprint density at radius 1 is 0.323 bits per heavy atom. The van der Waals surface area contributed by atoms with Crippen LogP contribution in [0.25, 0.3) is 0 Å². The molecule has 0 N–H and O–H groups in total. The van der Waals surface area contributed by atoms with Gasteiger partial charge >= 0.3 is 17.9 Å². The summed E-state index contributed by atoms with van der Waals surface area (Å²) in [5, 5.41) is 0. The van der Waals surface area contributed by atoms with Crippen LogP contribution in [0.4, 0.5) is 0 Å². The van der Waals surface area contributed by atoms with Gasteiger partial charge in [0.1, 0.15) is 13.2 Å². The van der Waals surface area contributed by atoms with Crippen molar-refractivity contribution in [1.29, 1.82) is 0 Å². The van der Waals surface area contributed by atoms with Gasteiger partial charge in [0.05, 0.1) is 0 Å². The Morgan fingerprint density at radius 2 is 0.615 bits per heavy atom. The fraction of sp³-hybridized carbons (Fsp3) is 0.678. The highest BCUT2D eigenvalue weighted by Crippen LogP contribution is 2.13. The fourth-order valence-electron chi connectivity index (χ4n) is 7.01. The summed E-state index contributed by atoms with van der Waals surface area (Å²) in [6, 6.07) is 0. The van der Waals surface area contributed by atoms with E-state index in [9.17, 15) is 14.4 Å². The molecule has 6 nitrogen and oxygen atoms in total. The van der Waals surface area contributed by atoms with Crippen molar-refractivity contribution < 1.29 is 28.6 Å². The zero-order valence-corrected chi connectivity index (χ0v) is 42.2. The minimum atomic E-state index is -0.797. The normalized spacial score (nSPS) is 12.8. The van der Waals surface area contributed by atoms with E-state index in [0.29, 0.717) is 19.3 Å². The molecule has 370 valence electrons. The third-order valence-corrected chi connectivity index (χ3v) is 11.0. The molecule has 1 unspecified atom stereocenters. The summed E-state index contributed by atoms with van der Waals surface area (Å²) in [4.78, 5) is 38.0. The molecule has 0 aromatic rings. The van der Waals surface area contributed by atoms with Crippen LogP contribution in [0.3, 0.4) is 0 Å². The highest BCUT2D eigenvalue weighted by molar-refractivity contribution is 5.71. The Morgan fingerprint density at radius 3 is 1.00 bits per heavy atom. The molecule has 65 heavy (non-hydrogen) atoms. The van der Waals surface area contributed by atoms with Crippen molar-refractivity contribution in [1.82, 2.24) is 0 Å². The smallest absolute Gasteiger partial charge is 0.306 e. The van der Waals surface area contributed by atoms with E-state index < -0.39 is 6.10 Å². The zero-order chi connectivity index (χ0) is 47.2. The van der Waals surface area contributed by atoms with E-state index in [1.165, 1.54) is 51.4 Å². The van der Waals surface area contributed by atoms with Crippen LogP contribution < -0.4 is 0 Å². The van der Waals surface area contributed by atoms with Gasteiger partial charge in [-0.15, -0.1) is 0 Å². The topological polar surface area (TPSA) is 78.9 Å². The maximum Gasteiger partial charge on any atom is 0.306 e. The third-order valence-electron chi connectivity index (χ3n) is 11.0. The predicted molar refractivity (Wildman–Crippen MR) is 279 cm³/mol. The van der Waals surface area contributed by atoms with Gasteiger partial charge < -0.3 is 14.2 Å². The first kappa shape index (κ1) is 61.3. The second-order valence-electron chi connectivity index (χ2n) is 17.4. The zero-order valence-electron chi connectivity index (χ0n) is 42.2. The third kappa shape index (κ3) is 51.2. The lowest BCUT2D eigenvalue weighted by atomic mass is 10.1. The van der Waals surface area contributed by atoms with Crippen molar-refractivity contribution in [3.8, 4) is 0 Å². The molecule has 0 aliphatic rings. The number of unbranched alkanes of at least 4 members (excludes halogenated alkanes) is 20. The molecule has 0 amide bonds. The molecule has 0 aromatic heterocycles. The van der Waals surface area contributed by atoms with Crippen LogP contribution in [0.15, 0.2) is 97.2 Å². The van der Waals surface area contributed by atoms with Gasteiger partial charge in [0.2, 0.25) is 0 Å². The SMILES string of the molecule is CC/C=C\C/C=C\C/C=C\C/C=C\C/C=C\CCCCCCCC(=O)OCC(COC(=O)CCCCCCC/C=C\CCCC)OC(=O)CCCCCCC/C=C\C/C=C\CCCCC. The van der Waals surface area contributed by atoms with Gasteiger partial charge in [0, 0.05) is 19.3 Å². The quantitative estimate of drug-likeness (QED) is 0.0262. The molecule has 0 spiro atoms. The number of hydrogen-bond acceptors (Lipinski definition) is 6. The highest BCUT2D eigenvalue weighted by atomic mass is 16.6. The van der Waals surface area contributed by atoms with Crippen LogP contribution in [0.1, 0.15) is 239 Å². The van der Waals surface area contributed by atoms with E-state index in [2.05, 4.69) is 118 Å². The molecule has 0 saturated heterocycles. The summed E-state index contributed by atoms with van der Waals surface area (Å²) in [5.74, 6) is -0.940. The molecule has 0 rings (SSSR count). The Bertz CT molecular complexity index is 1310. The summed E-state index contributed by atoms with van der Waals surface area (Å²) in [6.07, 6.45) is 69.6. The van der Waals surface area contributed by atoms with E-state index in [1.807, 2.05) is 0 Å². The van der Waals surface area contributed by atoms with Gasteiger partial charge in [-0.2, -0.15) is 0 Å². The number of esters is 3. The van der Waals surface area contributed by atoms with Gasteiger partial charge in [-0.1, -0.05) is 201 Å². The van der Waals surface area contributed by atoms with Crippen molar-refractivity contribution in [2.75, 3.05) is 13.2 Å². The predicted octanol–water partition coefficient (Wildman–Crippen LogP) is 17.8. The monoisotopic (exact) mass is 903 g/mol. The average Bonchev–Trinajstić information content (AvgIpc) is 3.30. The number of carbonyl (C=O) groups is 3. The maximum absolute atomic E-state index is 12.8. The molecule has 0 bridgehead atoms. The van der Waals surface area contributed by atoms with Crippen LogP contribution in [-0.2, 0) is 28.6 Å². The Labute approximate surface area is 400 Å². The van der Waals surface area contributed by atoms with Crippen molar-refractivity contribution in [2.45, 2.75) is 245 Å². The summed E-state index contributed by atoms with van der Waals surface area (Å²) in [7, 11) is 0. The average molecular weight is 903 g/mol. The lowest BCUT2D eigenvalue weighted by molar-refractivity contribution is -0.167.